The van der Waals surface area contributed by atoms with Crippen LogP contribution in [0.4, 0.5) is 0 Å². The van der Waals surface area contributed by atoms with E-state index in [4.69, 9.17) is 27.4 Å². The van der Waals surface area contributed by atoms with Gasteiger partial charge in [0.1, 0.15) is 22.9 Å². The van der Waals surface area contributed by atoms with Crippen LogP contribution in [-0.4, -0.2) is 50.0 Å². The number of carboxylic acid groups (broad SMARTS) is 1. The average molecular weight is 543 g/mol. The minimum atomic E-state index is -0.988. The SMILES string of the molecule is Cc1sc2c(c1C)C(c1ccc(Cl)cc1)=N[C@@H](CC(=O)NCCCCCC(N)C(=O)O)c1nnc(C)n1-2. The number of nitrogens with zero attached hydrogens (tertiary/aromatic N) is 4. The number of aliphatic carboxylic acids is 1. The molecule has 0 radical (unpaired) electrons. The number of carboxylic acids is 1. The molecule has 1 unspecified atom stereocenters. The zero-order chi connectivity index (χ0) is 26.7. The van der Waals surface area contributed by atoms with Gasteiger partial charge in [0.25, 0.3) is 0 Å². The lowest BCUT2D eigenvalue weighted by Crippen LogP contribution is -2.30. The van der Waals surface area contributed by atoms with Crippen molar-refractivity contribution in [3.8, 4) is 5.00 Å². The third-order valence-corrected chi connectivity index (χ3v) is 8.01. The largest absolute Gasteiger partial charge is 0.480 e. The van der Waals surface area contributed by atoms with Crippen LogP contribution in [0.25, 0.3) is 5.00 Å². The zero-order valence-corrected chi connectivity index (χ0v) is 22.7. The molecule has 0 aliphatic carbocycles. The molecule has 0 fully saturated rings. The van der Waals surface area contributed by atoms with Gasteiger partial charge in [-0.3, -0.25) is 19.1 Å². The third-order valence-electron chi connectivity index (χ3n) is 6.57. The molecule has 4 N–H and O–H groups in total. The van der Waals surface area contributed by atoms with Gasteiger partial charge in [-0.05, 0) is 51.3 Å². The predicted octanol–water partition coefficient (Wildman–Crippen LogP) is 4.28. The number of nitrogens with one attached hydrogen (secondary N) is 1. The Bertz CT molecular complexity index is 1330. The minimum Gasteiger partial charge on any atom is -0.480 e. The summed E-state index contributed by atoms with van der Waals surface area (Å²) in [7, 11) is 0. The first-order chi connectivity index (χ1) is 17.7. The number of benzene rings is 1. The summed E-state index contributed by atoms with van der Waals surface area (Å²) >= 11 is 7.83. The van der Waals surface area contributed by atoms with E-state index in [9.17, 15) is 9.59 Å². The maximum Gasteiger partial charge on any atom is 0.320 e. The molecule has 2 aromatic heterocycles. The number of hydrogen-bond acceptors (Lipinski definition) is 7. The number of aromatic nitrogens is 3. The summed E-state index contributed by atoms with van der Waals surface area (Å²) < 4.78 is 2.02. The summed E-state index contributed by atoms with van der Waals surface area (Å²) in [6.07, 6.45) is 2.78. The summed E-state index contributed by atoms with van der Waals surface area (Å²) in [5.74, 6) is 0.270. The highest BCUT2D eigenvalue weighted by atomic mass is 35.5. The first kappa shape index (κ1) is 27.0. The summed E-state index contributed by atoms with van der Waals surface area (Å²) in [6.45, 7) is 6.59. The lowest BCUT2D eigenvalue weighted by Gasteiger charge is -2.13. The van der Waals surface area contributed by atoms with Crippen LogP contribution >= 0.6 is 22.9 Å². The second-order valence-corrected chi connectivity index (χ2v) is 10.9. The molecule has 0 bridgehead atoms. The van der Waals surface area contributed by atoms with E-state index in [1.165, 1.54) is 4.88 Å². The lowest BCUT2D eigenvalue weighted by atomic mass is 9.99. The highest BCUT2D eigenvalue weighted by molar-refractivity contribution is 7.15. The van der Waals surface area contributed by atoms with Gasteiger partial charge >= 0.3 is 5.97 Å². The van der Waals surface area contributed by atoms with Crippen molar-refractivity contribution >= 4 is 40.5 Å². The normalized spacial score (nSPS) is 15.4. The number of hydrogen-bond donors (Lipinski definition) is 3. The Morgan fingerprint density at radius 3 is 2.59 bits per heavy atom. The molecule has 1 amide bonds. The Labute approximate surface area is 224 Å². The molecule has 196 valence electrons. The van der Waals surface area contributed by atoms with Gasteiger partial charge in [-0.15, -0.1) is 21.5 Å². The molecule has 3 heterocycles. The molecule has 1 aromatic carbocycles. The number of halogens is 1. The van der Waals surface area contributed by atoms with Gasteiger partial charge in [-0.1, -0.05) is 36.6 Å². The summed E-state index contributed by atoms with van der Waals surface area (Å²) in [4.78, 5) is 30.1. The molecular weight excluding hydrogens is 512 g/mol. The summed E-state index contributed by atoms with van der Waals surface area (Å²) in [6, 6.07) is 6.23. The number of fused-ring (bicyclic) bond motifs is 3. The molecule has 1 aliphatic heterocycles. The third kappa shape index (κ3) is 5.92. The van der Waals surface area contributed by atoms with Crippen LogP contribution in [0.5, 0.6) is 0 Å². The summed E-state index contributed by atoms with van der Waals surface area (Å²) in [5.41, 5.74) is 9.44. The van der Waals surface area contributed by atoms with Crippen LogP contribution in [0.3, 0.4) is 0 Å². The number of rotatable bonds is 10. The Balaban J connectivity index is 1.55. The maximum absolute atomic E-state index is 12.9. The van der Waals surface area contributed by atoms with E-state index in [1.807, 2.05) is 35.8 Å². The van der Waals surface area contributed by atoms with Crippen LogP contribution in [0.2, 0.25) is 5.02 Å². The van der Waals surface area contributed by atoms with Gasteiger partial charge in [-0.2, -0.15) is 0 Å². The van der Waals surface area contributed by atoms with E-state index >= 15 is 0 Å². The topological polar surface area (TPSA) is 135 Å². The van der Waals surface area contributed by atoms with Crippen molar-refractivity contribution in [3.05, 3.63) is 62.5 Å². The molecule has 2 atom stereocenters. The van der Waals surface area contributed by atoms with Crippen LogP contribution in [0.1, 0.15) is 71.4 Å². The van der Waals surface area contributed by atoms with E-state index in [-0.39, 0.29) is 12.3 Å². The highest BCUT2D eigenvalue weighted by Gasteiger charge is 2.32. The second kappa shape index (κ2) is 11.5. The van der Waals surface area contributed by atoms with Crippen molar-refractivity contribution in [2.75, 3.05) is 6.54 Å². The van der Waals surface area contributed by atoms with Crippen LogP contribution in [-0.2, 0) is 9.59 Å². The fourth-order valence-corrected chi connectivity index (χ4v) is 5.74. The van der Waals surface area contributed by atoms with Gasteiger partial charge in [0.2, 0.25) is 5.91 Å². The number of aryl methyl sites for hydroxylation is 2. The second-order valence-electron chi connectivity index (χ2n) is 9.25. The van der Waals surface area contributed by atoms with Crippen molar-refractivity contribution in [3.63, 3.8) is 0 Å². The van der Waals surface area contributed by atoms with Crippen molar-refractivity contribution in [2.24, 2.45) is 10.7 Å². The molecular formula is C26H31ClN6O3S. The van der Waals surface area contributed by atoms with E-state index in [0.717, 1.165) is 46.1 Å². The molecule has 9 nitrogen and oxygen atoms in total. The Morgan fingerprint density at radius 2 is 1.89 bits per heavy atom. The van der Waals surface area contributed by atoms with Crippen LogP contribution in [0.15, 0.2) is 29.3 Å². The van der Waals surface area contributed by atoms with Gasteiger partial charge in [-0.25, -0.2) is 0 Å². The fraction of sp³-hybridized carbons (Fsp3) is 0.423. The van der Waals surface area contributed by atoms with E-state index < -0.39 is 18.1 Å². The van der Waals surface area contributed by atoms with Crippen LogP contribution < -0.4 is 11.1 Å². The Kier molecular flexibility index (Phi) is 8.41. The van der Waals surface area contributed by atoms with E-state index in [1.54, 1.807) is 11.3 Å². The number of amides is 1. The number of unbranched alkanes of at least 4 members (excludes halogenated alkanes) is 2. The van der Waals surface area contributed by atoms with Crippen molar-refractivity contribution in [1.82, 2.24) is 20.1 Å². The minimum absolute atomic E-state index is 0.128. The standard InChI is InChI=1S/C26H31ClN6O3S/c1-14-15(2)37-25-22(14)23(17-8-10-18(27)11-9-17)30-20(24-32-31-16(3)33(24)25)13-21(34)29-12-6-4-5-7-19(28)26(35)36/h8-11,19-20H,4-7,12-13,28H2,1-3H3,(H,29,34)(H,35,36)/t19?,20-/m0/s1. The first-order valence-corrected chi connectivity index (χ1v) is 13.5. The van der Waals surface area contributed by atoms with Crippen molar-refractivity contribution in [1.29, 1.82) is 0 Å². The Hall–Kier alpha value is -3.08. The van der Waals surface area contributed by atoms with Gasteiger partial charge in [0.15, 0.2) is 5.82 Å². The quantitative estimate of drug-likeness (QED) is 0.327. The average Bonchev–Trinajstić information content (AvgIpc) is 3.33. The predicted molar refractivity (Wildman–Crippen MR) is 145 cm³/mol. The molecule has 4 rings (SSSR count). The first-order valence-electron chi connectivity index (χ1n) is 12.3. The molecule has 1 aliphatic rings. The maximum atomic E-state index is 12.9. The number of carbonyl (C=O) groups is 2. The molecule has 0 spiro atoms. The van der Waals surface area contributed by atoms with E-state index in [0.29, 0.717) is 30.2 Å². The molecule has 0 saturated heterocycles. The van der Waals surface area contributed by atoms with Crippen molar-refractivity contribution < 1.29 is 14.7 Å². The molecule has 11 heteroatoms. The molecule has 37 heavy (non-hydrogen) atoms. The molecule has 3 aromatic rings. The monoisotopic (exact) mass is 542 g/mol. The smallest absolute Gasteiger partial charge is 0.320 e. The van der Waals surface area contributed by atoms with Gasteiger partial charge in [0.05, 0.1) is 12.1 Å². The number of nitrogens with two attached hydrogens (primary N) is 1. The number of aliphatic imine (C=N–C) groups is 1. The van der Waals surface area contributed by atoms with Crippen LogP contribution in [0, 0.1) is 20.8 Å². The molecule has 0 saturated carbocycles. The lowest BCUT2D eigenvalue weighted by molar-refractivity contribution is -0.138. The highest BCUT2D eigenvalue weighted by Crippen LogP contribution is 2.39. The van der Waals surface area contributed by atoms with Gasteiger partial charge < -0.3 is 16.2 Å². The number of carbonyl (C=O) groups excluding carboxylic acids is 1. The van der Waals surface area contributed by atoms with Gasteiger partial charge in [0, 0.05) is 27.6 Å². The summed E-state index contributed by atoms with van der Waals surface area (Å²) in [5, 5.41) is 22.2. The number of thiophene rings is 1. The zero-order valence-electron chi connectivity index (χ0n) is 21.1. The van der Waals surface area contributed by atoms with Crippen molar-refractivity contribution in [2.45, 2.75) is 65.0 Å². The fourth-order valence-electron chi connectivity index (χ4n) is 4.40. The van der Waals surface area contributed by atoms with E-state index in [2.05, 4.69) is 29.4 Å². The Morgan fingerprint density at radius 1 is 1.16 bits per heavy atom.